The largest absolute Gasteiger partial charge is 0.336 e. The second kappa shape index (κ2) is 4.62. The van der Waals surface area contributed by atoms with Crippen LogP contribution in [0.25, 0.3) is 0 Å². The van der Waals surface area contributed by atoms with Gasteiger partial charge in [0.25, 0.3) is 0 Å². The van der Waals surface area contributed by atoms with Gasteiger partial charge in [0.1, 0.15) is 0 Å². The Morgan fingerprint density at radius 1 is 1.31 bits per heavy atom. The minimum absolute atomic E-state index is 0.00484. The van der Waals surface area contributed by atoms with Gasteiger partial charge in [-0.05, 0) is 52.6 Å². The molecule has 0 aromatic rings. The van der Waals surface area contributed by atoms with Gasteiger partial charge in [-0.2, -0.15) is 0 Å². The quantitative estimate of drug-likeness (QED) is 0.758. The molecule has 16 heavy (non-hydrogen) atoms. The maximum atomic E-state index is 11.5. The second-order valence-electron chi connectivity index (χ2n) is 5.61. The average Bonchev–Trinajstić information content (AvgIpc) is 2.86. The molecule has 1 aliphatic carbocycles. The summed E-state index contributed by atoms with van der Waals surface area (Å²) in [5.41, 5.74) is 0.0807. The Labute approximate surface area is 97.8 Å². The summed E-state index contributed by atoms with van der Waals surface area (Å²) >= 11 is 0. The molecule has 0 unspecified atom stereocenters. The lowest BCUT2D eigenvalue weighted by Crippen LogP contribution is -2.52. The van der Waals surface area contributed by atoms with E-state index in [2.05, 4.69) is 29.4 Å². The number of carbonyl (C=O) groups is 1. The van der Waals surface area contributed by atoms with Crippen LogP contribution in [0.2, 0.25) is 0 Å². The maximum absolute atomic E-state index is 11.5. The van der Waals surface area contributed by atoms with Crippen molar-refractivity contribution < 1.29 is 4.79 Å². The van der Waals surface area contributed by atoms with Gasteiger partial charge in [0, 0.05) is 18.1 Å². The standard InChI is InChI=1S/C12H23N3O/c1-12(2,15-7-3-4-8-15)9-13-11(16)14-10-5-6-10/h10H,3-9H2,1-2H3,(H2,13,14,16). The Kier molecular flexibility index (Phi) is 3.38. The first-order valence-corrected chi connectivity index (χ1v) is 6.37. The summed E-state index contributed by atoms with van der Waals surface area (Å²) in [6.45, 7) is 7.47. The van der Waals surface area contributed by atoms with Gasteiger partial charge >= 0.3 is 6.03 Å². The molecule has 1 heterocycles. The number of urea groups is 1. The predicted octanol–water partition coefficient (Wildman–Crippen LogP) is 1.32. The summed E-state index contributed by atoms with van der Waals surface area (Å²) in [5.74, 6) is 0. The minimum Gasteiger partial charge on any atom is -0.336 e. The molecular weight excluding hydrogens is 202 g/mol. The monoisotopic (exact) mass is 225 g/mol. The van der Waals surface area contributed by atoms with Crippen LogP contribution in [-0.2, 0) is 0 Å². The van der Waals surface area contributed by atoms with E-state index in [1.165, 1.54) is 25.9 Å². The third-order valence-corrected chi connectivity index (χ3v) is 3.56. The Morgan fingerprint density at radius 3 is 2.50 bits per heavy atom. The van der Waals surface area contributed by atoms with Gasteiger partial charge in [-0.1, -0.05) is 0 Å². The summed E-state index contributed by atoms with van der Waals surface area (Å²) in [7, 11) is 0. The van der Waals surface area contributed by atoms with Crippen LogP contribution in [0, 0.1) is 0 Å². The highest BCUT2D eigenvalue weighted by molar-refractivity contribution is 5.74. The molecule has 2 amide bonds. The molecule has 1 saturated heterocycles. The summed E-state index contributed by atoms with van der Waals surface area (Å²) in [5, 5.41) is 5.93. The number of nitrogens with zero attached hydrogens (tertiary/aromatic N) is 1. The lowest BCUT2D eigenvalue weighted by atomic mass is 10.0. The molecule has 2 fully saturated rings. The molecule has 0 radical (unpaired) electrons. The van der Waals surface area contributed by atoms with E-state index in [-0.39, 0.29) is 11.6 Å². The molecule has 2 aliphatic rings. The highest BCUT2D eigenvalue weighted by Crippen LogP contribution is 2.20. The van der Waals surface area contributed by atoms with Gasteiger partial charge in [0.05, 0.1) is 0 Å². The van der Waals surface area contributed by atoms with Crippen molar-refractivity contribution in [3.8, 4) is 0 Å². The zero-order valence-corrected chi connectivity index (χ0v) is 10.4. The fourth-order valence-corrected chi connectivity index (χ4v) is 2.19. The Bertz CT molecular complexity index is 255. The van der Waals surface area contributed by atoms with Crippen LogP contribution in [0.3, 0.4) is 0 Å². The van der Waals surface area contributed by atoms with E-state index in [4.69, 9.17) is 0 Å². The van der Waals surface area contributed by atoms with Gasteiger partial charge in [-0.3, -0.25) is 4.90 Å². The van der Waals surface area contributed by atoms with Crippen molar-refractivity contribution in [3.63, 3.8) is 0 Å². The smallest absolute Gasteiger partial charge is 0.315 e. The van der Waals surface area contributed by atoms with Crippen molar-refractivity contribution in [2.75, 3.05) is 19.6 Å². The van der Waals surface area contributed by atoms with E-state index in [9.17, 15) is 4.79 Å². The van der Waals surface area contributed by atoms with E-state index in [0.29, 0.717) is 6.04 Å². The van der Waals surface area contributed by atoms with Gasteiger partial charge in [0.15, 0.2) is 0 Å². The number of amides is 2. The normalized spacial score (nSPS) is 22.1. The van der Waals surface area contributed by atoms with Crippen LogP contribution in [-0.4, -0.2) is 42.1 Å². The zero-order chi connectivity index (χ0) is 11.6. The van der Waals surface area contributed by atoms with Crippen molar-refractivity contribution in [1.29, 1.82) is 0 Å². The Balaban J connectivity index is 1.71. The van der Waals surface area contributed by atoms with Crippen molar-refractivity contribution >= 4 is 6.03 Å². The van der Waals surface area contributed by atoms with Crippen LogP contribution in [0.4, 0.5) is 4.79 Å². The number of hydrogen-bond donors (Lipinski definition) is 2. The fourth-order valence-electron chi connectivity index (χ4n) is 2.19. The van der Waals surface area contributed by atoms with Crippen LogP contribution in [0.15, 0.2) is 0 Å². The first kappa shape index (κ1) is 11.7. The molecular formula is C12H23N3O. The first-order valence-electron chi connectivity index (χ1n) is 6.37. The van der Waals surface area contributed by atoms with E-state index < -0.39 is 0 Å². The second-order valence-corrected chi connectivity index (χ2v) is 5.61. The third kappa shape index (κ3) is 3.11. The van der Waals surface area contributed by atoms with Crippen LogP contribution in [0.1, 0.15) is 39.5 Å². The number of hydrogen-bond acceptors (Lipinski definition) is 2. The van der Waals surface area contributed by atoms with Gasteiger partial charge in [0.2, 0.25) is 0 Å². The highest BCUT2D eigenvalue weighted by Gasteiger charge is 2.30. The third-order valence-electron chi connectivity index (χ3n) is 3.56. The molecule has 0 atom stereocenters. The van der Waals surface area contributed by atoms with Crippen molar-refractivity contribution in [1.82, 2.24) is 15.5 Å². The summed E-state index contributed by atoms with van der Waals surface area (Å²) in [6, 6.07) is 0.435. The van der Waals surface area contributed by atoms with Gasteiger partial charge < -0.3 is 10.6 Å². The molecule has 0 aromatic carbocycles. The van der Waals surface area contributed by atoms with Crippen molar-refractivity contribution in [2.24, 2.45) is 0 Å². The minimum atomic E-state index is -0.00484. The lowest BCUT2D eigenvalue weighted by Gasteiger charge is -2.35. The molecule has 1 aliphatic heterocycles. The highest BCUT2D eigenvalue weighted by atomic mass is 16.2. The molecule has 92 valence electrons. The summed E-state index contributed by atoms with van der Waals surface area (Å²) in [6.07, 6.45) is 4.86. The molecule has 4 nitrogen and oxygen atoms in total. The van der Waals surface area contributed by atoms with E-state index in [0.717, 1.165) is 19.4 Å². The molecule has 2 rings (SSSR count). The molecule has 0 spiro atoms. The van der Waals surface area contributed by atoms with Crippen LogP contribution >= 0.6 is 0 Å². The Morgan fingerprint density at radius 2 is 1.94 bits per heavy atom. The average molecular weight is 225 g/mol. The summed E-state index contributed by atoms with van der Waals surface area (Å²) < 4.78 is 0. The Hall–Kier alpha value is -0.770. The fraction of sp³-hybridized carbons (Fsp3) is 0.917. The maximum Gasteiger partial charge on any atom is 0.315 e. The SMILES string of the molecule is CC(C)(CNC(=O)NC1CC1)N1CCCC1. The molecule has 2 N–H and O–H groups in total. The molecule has 1 saturated carbocycles. The van der Waals surface area contributed by atoms with Crippen molar-refractivity contribution in [2.45, 2.75) is 51.1 Å². The molecule has 4 heteroatoms. The van der Waals surface area contributed by atoms with E-state index in [1.54, 1.807) is 0 Å². The van der Waals surface area contributed by atoms with Crippen LogP contribution in [0.5, 0.6) is 0 Å². The summed E-state index contributed by atoms with van der Waals surface area (Å²) in [4.78, 5) is 14.0. The molecule has 0 bridgehead atoms. The number of carbonyl (C=O) groups excluding carboxylic acids is 1. The lowest BCUT2D eigenvalue weighted by molar-refractivity contribution is 0.152. The van der Waals surface area contributed by atoms with E-state index >= 15 is 0 Å². The zero-order valence-electron chi connectivity index (χ0n) is 10.4. The van der Waals surface area contributed by atoms with Gasteiger partial charge in [-0.15, -0.1) is 0 Å². The number of rotatable bonds is 4. The topological polar surface area (TPSA) is 44.4 Å². The molecule has 0 aromatic heterocycles. The van der Waals surface area contributed by atoms with E-state index in [1.807, 2.05) is 0 Å². The number of likely N-dealkylation sites (tertiary alicyclic amines) is 1. The van der Waals surface area contributed by atoms with Gasteiger partial charge in [-0.25, -0.2) is 4.79 Å². The number of nitrogens with one attached hydrogen (secondary N) is 2. The van der Waals surface area contributed by atoms with Crippen molar-refractivity contribution in [3.05, 3.63) is 0 Å². The van der Waals surface area contributed by atoms with Crippen LogP contribution < -0.4 is 10.6 Å². The predicted molar refractivity (Wildman–Crippen MR) is 64.4 cm³/mol. The first-order chi connectivity index (χ1) is 7.58.